The number of nitrogens with two attached hydrogens (primary N) is 1. The molecule has 0 spiro atoms. The van der Waals surface area contributed by atoms with Crippen LogP contribution in [0.4, 0.5) is 4.39 Å². The van der Waals surface area contributed by atoms with E-state index >= 15 is 4.39 Å². The molecular weight excluding hydrogens is 1460 g/mol. The Morgan fingerprint density at radius 2 is 1.15 bits per heavy atom. The zero-order valence-electron chi connectivity index (χ0n) is 61.9. The number of cyclic esters (lactones) is 1. The first-order valence-electron chi connectivity index (χ1n) is 36.6. The van der Waals surface area contributed by atoms with E-state index in [4.69, 9.17) is 88.6 Å². The van der Waals surface area contributed by atoms with E-state index in [0.29, 0.717) is 185 Å². The van der Waals surface area contributed by atoms with E-state index in [1.165, 1.54) is 16.7 Å². The lowest BCUT2D eigenvalue weighted by atomic mass is 9.83. The summed E-state index contributed by atoms with van der Waals surface area (Å²) in [6, 6.07) is 8.46. The predicted molar refractivity (Wildman–Crippen MR) is 389 cm³/mol. The smallest absolute Gasteiger partial charge is 0.343 e. The van der Waals surface area contributed by atoms with Crippen molar-refractivity contribution in [3.8, 4) is 11.4 Å². The first-order chi connectivity index (χ1) is 53.0. The minimum absolute atomic E-state index is 0.00510. The Kier molecular flexibility index (Phi) is 40.1. The molecule has 2 aliphatic heterocycles. The molecule has 0 fully saturated rings. The Balaban J connectivity index is 0.707. The molecule has 0 bridgehead atoms. The number of aromatic nitrogens is 2. The van der Waals surface area contributed by atoms with E-state index < -0.39 is 115 Å². The maximum atomic E-state index is 15.3. The van der Waals surface area contributed by atoms with Crippen LogP contribution in [0.25, 0.3) is 22.3 Å². The van der Waals surface area contributed by atoms with E-state index in [1.54, 1.807) is 44.4 Å². The maximum absolute atomic E-state index is 15.3. The number of carbonyl (C=O) groups excluding carboxylic acids is 8. The predicted octanol–water partition coefficient (Wildman–Crippen LogP) is -0.0251. The third-order valence-corrected chi connectivity index (χ3v) is 17.8. The molecule has 10 N–H and O–H groups in total. The van der Waals surface area contributed by atoms with Crippen molar-refractivity contribution in [2.75, 3.05) is 199 Å². The zero-order valence-corrected chi connectivity index (χ0v) is 62.7. The number of hydrogen-bond acceptors (Lipinski definition) is 26. The molecule has 4 aromatic rings. The Hall–Kier alpha value is -7.82. The number of nitrogens with one attached hydrogen (secondary N) is 7. The molecule has 1 unspecified atom stereocenters. The number of pyridine rings is 2. The highest BCUT2D eigenvalue weighted by Crippen LogP contribution is 2.47. The van der Waals surface area contributed by atoms with Gasteiger partial charge in [-0.3, -0.25) is 38.4 Å². The monoisotopic (exact) mass is 1560 g/mol. The molecule has 4 atom stereocenters. The quantitative estimate of drug-likeness (QED) is 0.0140. The van der Waals surface area contributed by atoms with Crippen molar-refractivity contribution >= 4 is 69.8 Å². The van der Waals surface area contributed by atoms with Gasteiger partial charge in [-0.25, -0.2) is 14.2 Å². The number of methoxy groups -OCH3 is 1. The van der Waals surface area contributed by atoms with Gasteiger partial charge in [0.2, 0.25) is 41.4 Å². The van der Waals surface area contributed by atoms with Crippen LogP contribution in [0.1, 0.15) is 84.9 Å². The van der Waals surface area contributed by atoms with Gasteiger partial charge in [-0.1, -0.05) is 48.9 Å². The normalized spacial score (nSPS) is 15.3. The molecule has 604 valence electrons. The number of rotatable bonds is 58. The molecule has 4 heterocycles. The van der Waals surface area contributed by atoms with Gasteiger partial charge in [0.1, 0.15) is 37.8 Å². The number of aryl methyl sites for hydroxylation is 1. The van der Waals surface area contributed by atoms with E-state index in [2.05, 4.69) is 37.2 Å². The number of amides is 7. The molecule has 7 rings (SSSR count). The first kappa shape index (κ1) is 88.4. The Bertz CT molecular complexity index is 3620. The Morgan fingerprint density at radius 3 is 1.69 bits per heavy atom. The van der Waals surface area contributed by atoms with Crippen LogP contribution in [0.2, 0.25) is 5.02 Å². The summed E-state index contributed by atoms with van der Waals surface area (Å²) in [5.74, 6) is -6.27. The summed E-state index contributed by atoms with van der Waals surface area (Å²) in [5.41, 5.74) is 6.33. The number of esters is 1. The van der Waals surface area contributed by atoms with Gasteiger partial charge in [-0.2, -0.15) is 0 Å². The van der Waals surface area contributed by atoms with E-state index in [1.807, 2.05) is 0 Å². The number of nitrogens with zero attached hydrogens (tertiary/aromatic N) is 2. The summed E-state index contributed by atoms with van der Waals surface area (Å²) in [4.78, 5) is 124. The van der Waals surface area contributed by atoms with Crippen molar-refractivity contribution in [2.24, 2.45) is 5.73 Å². The summed E-state index contributed by atoms with van der Waals surface area (Å²) < 4.78 is 92.7. The van der Waals surface area contributed by atoms with Crippen LogP contribution >= 0.6 is 11.6 Å². The van der Waals surface area contributed by atoms with Crippen LogP contribution in [0, 0.1) is 5.82 Å². The van der Waals surface area contributed by atoms with Crippen LogP contribution in [0.5, 0.6) is 0 Å². The first-order valence-corrected chi connectivity index (χ1v) is 37.0. The molecule has 0 saturated carbocycles. The lowest BCUT2D eigenvalue weighted by Crippen LogP contribution is -2.53. The van der Waals surface area contributed by atoms with Gasteiger partial charge in [0, 0.05) is 42.5 Å². The van der Waals surface area contributed by atoms with E-state index in [-0.39, 0.29) is 98.9 Å². The molecule has 36 heteroatoms. The SMILES string of the molecule is CC[C@@]1(O)C(=O)OCc2c1cc1n(c2=O)Cc2c-1nc1cc(F)c(Cl)c3c1c2C(NC(=O)COCNC(=O)CNC(=O)[C@H](Cc1ccccc1)NC(=O)CNC(=O)CNC(=O)[C@H](CCCCN)NC(=O)CCOCCOCCOCCOCCOCCOCCOCCOCCOCCOCCOCCOC)CC3. The largest absolute Gasteiger partial charge is 0.458 e. The Morgan fingerprint density at radius 1 is 0.633 bits per heavy atom. The van der Waals surface area contributed by atoms with Gasteiger partial charge >= 0.3 is 5.97 Å². The van der Waals surface area contributed by atoms with E-state index in [0.717, 1.165) is 0 Å². The lowest BCUT2D eigenvalue weighted by molar-refractivity contribution is -0.172. The Labute approximate surface area is 636 Å². The van der Waals surface area contributed by atoms with Crippen molar-refractivity contribution in [3.63, 3.8) is 0 Å². The zero-order chi connectivity index (χ0) is 78.0. The van der Waals surface area contributed by atoms with Crippen LogP contribution in [0.3, 0.4) is 0 Å². The number of unbranched alkanes of at least 4 members (excludes halogenated alkanes) is 1. The van der Waals surface area contributed by atoms with Crippen LogP contribution in [-0.4, -0.2) is 273 Å². The highest BCUT2D eigenvalue weighted by molar-refractivity contribution is 6.32. The third-order valence-electron chi connectivity index (χ3n) is 17.4. The number of carbonyl (C=O) groups is 8. The molecule has 7 amide bonds. The number of aliphatic hydroxyl groups is 1. The lowest BCUT2D eigenvalue weighted by Gasteiger charge is -2.31. The maximum Gasteiger partial charge on any atom is 0.343 e. The van der Waals surface area contributed by atoms with Crippen molar-refractivity contribution in [1.82, 2.24) is 46.8 Å². The summed E-state index contributed by atoms with van der Waals surface area (Å²) >= 11 is 6.52. The summed E-state index contributed by atoms with van der Waals surface area (Å²) in [7, 11) is 1.63. The average molecular weight is 1560 g/mol. The fraction of sp³-hybridized carbons (Fsp3) is 0.616. The average Bonchev–Trinajstić information content (AvgIpc) is 1.58. The number of hydrogen-bond donors (Lipinski definition) is 9. The van der Waals surface area contributed by atoms with Gasteiger partial charge in [0.15, 0.2) is 5.60 Å². The number of ether oxygens (including phenoxy) is 14. The second-order valence-electron chi connectivity index (χ2n) is 25.2. The molecule has 2 aromatic carbocycles. The molecule has 109 heavy (non-hydrogen) atoms. The third kappa shape index (κ3) is 29.4. The van der Waals surface area contributed by atoms with Gasteiger partial charge in [0.05, 0.1) is 212 Å². The molecule has 3 aliphatic rings. The highest BCUT2D eigenvalue weighted by atomic mass is 35.5. The topological polar surface area (TPSA) is 431 Å². The standard InChI is InChI=1S/C73H104ClFN10O24/c1-3-73(95)53-40-59-68-51(45-85(59)71(93)52(53)46-109-72(73)94)66-55(13-12-50-65(66)57(84-68)41-54(75)67(50)74)81-64(90)47-108-48-80-62(88)43-79-70(92)58(39-49-9-5-4-6-10-49)83-63(89)44-77-61(87)42-78-69(91)56(11-7-8-15-76)82-60(86)14-16-97-19-20-99-23-24-101-27-28-103-31-32-105-35-36-107-38-37-106-34-33-104-30-29-102-26-25-100-22-21-98-18-17-96-2/h4-6,9-10,40-41,55-56,58,95H,3,7-8,11-39,42-48,76H2,1-2H3,(H,77,87)(H,78,91)(H,79,92)(H,80,88)(H,81,90)(H,82,86)(H,83,89)/t55?,56-,58-,73-/m0/s1. The van der Waals surface area contributed by atoms with Gasteiger partial charge < -0.3 is 119 Å². The molecule has 2 aromatic heterocycles. The highest BCUT2D eigenvalue weighted by Gasteiger charge is 2.46. The van der Waals surface area contributed by atoms with Crippen molar-refractivity contribution in [3.05, 3.63) is 97.0 Å². The summed E-state index contributed by atoms with van der Waals surface area (Å²) in [6.45, 7) is 8.39. The second kappa shape index (κ2) is 49.4. The van der Waals surface area contributed by atoms with Gasteiger partial charge in [-0.15, -0.1) is 0 Å². The minimum Gasteiger partial charge on any atom is -0.458 e. The summed E-state index contributed by atoms with van der Waals surface area (Å²) in [6.07, 6.45) is 1.69. The van der Waals surface area contributed by atoms with Gasteiger partial charge in [-0.05, 0) is 67.8 Å². The van der Waals surface area contributed by atoms with Crippen molar-refractivity contribution in [2.45, 2.75) is 95.2 Å². The molecule has 34 nitrogen and oxygen atoms in total. The minimum atomic E-state index is -2.08. The van der Waals surface area contributed by atoms with Crippen LogP contribution in [-0.2, 0) is 136 Å². The molecule has 0 saturated heterocycles. The summed E-state index contributed by atoms with van der Waals surface area (Å²) in [5, 5.41) is 29.9. The molecule has 1 aliphatic carbocycles. The van der Waals surface area contributed by atoms with Crippen LogP contribution in [0.15, 0.2) is 47.3 Å². The number of halogens is 2. The van der Waals surface area contributed by atoms with Crippen molar-refractivity contribution in [1.29, 1.82) is 0 Å². The van der Waals surface area contributed by atoms with Gasteiger partial charge in [0.25, 0.3) is 5.56 Å². The number of fused-ring (bicyclic) bond motifs is 5. The van der Waals surface area contributed by atoms with Crippen molar-refractivity contribution < 1.29 is 114 Å². The fourth-order valence-electron chi connectivity index (χ4n) is 11.8. The van der Waals surface area contributed by atoms with Crippen LogP contribution < -0.4 is 48.5 Å². The molecular formula is C73H104ClFN10O24. The fourth-order valence-corrected chi connectivity index (χ4v) is 12.1. The molecule has 0 radical (unpaired) electrons. The van der Waals surface area contributed by atoms with E-state index in [9.17, 15) is 48.3 Å². The number of benzene rings is 2. The second-order valence-corrected chi connectivity index (χ2v) is 25.5.